The Labute approximate surface area is 131 Å². The molecule has 22 heavy (non-hydrogen) atoms. The molecule has 2 rings (SSSR count). The van der Waals surface area contributed by atoms with Crippen LogP contribution in [0.25, 0.3) is 0 Å². The molecule has 1 fully saturated rings. The van der Waals surface area contributed by atoms with Crippen molar-refractivity contribution >= 4 is 17.5 Å². The van der Waals surface area contributed by atoms with E-state index in [1.54, 1.807) is 6.08 Å². The van der Waals surface area contributed by atoms with Crippen molar-refractivity contribution in [3.8, 4) is 0 Å². The van der Waals surface area contributed by atoms with E-state index >= 15 is 0 Å². The lowest BCUT2D eigenvalue weighted by Gasteiger charge is -2.27. The third-order valence-electron chi connectivity index (χ3n) is 3.56. The molecule has 1 aromatic carbocycles. The van der Waals surface area contributed by atoms with E-state index < -0.39 is 0 Å². The molecule has 1 aliphatic rings. The number of piperidine rings is 1. The van der Waals surface area contributed by atoms with E-state index in [0.717, 1.165) is 30.6 Å². The Hall–Kier alpha value is -2.36. The van der Waals surface area contributed by atoms with Gasteiger partial charge in [-0.05, 0) is 37.5 Å². The van der Waals surface area contributed by atoms with Gasteiger partial charge in [-0.2, -0.15) is 0 Å². The van der Waals surface area contributed by atoms with Crippen LogP contribution in [0.15, 0.2) is 48.6 Å². The number of anilines is 1. The first kappa shape index (κ1) is 16.0. The summed E-state index contributed by atoms with van der Waals surface area (Å²) < 4.78 is 0. The molecular weight excluding hydrogens is 276 g/mol. The first-order valence-electron chi connectivity index (χ1n) is 7.67. The van der Waals surface area contributed by atoms with Crippen LogP contribution >= 0.6 is 0 Å². The summed E-state index contributed by atoms with van der Waals surface area (Å²) in [5.74, 6) is 0.0549. The molecule has 0 spiro atoms. The second-order valence-corrected chi connectivity index (χ2v) is 5.28. The third kappa shape index (κ3) is 4.58. The van der Waals surface area contributed by atoms with Gasteiger partial charge in [-0.3, -0.25) is 9.59 Å². The number of rotatable bonds is 5. The molecular formula is C18H22N2O2. The molecule has 2 amide bonds. The third-order valence-corrected chi connectivity index (χ3v) is 3.56. The second-order valence-electron chi connectivity index (χ2n) is 5.28. The lowest BCUT2D eigenvalue weighted by atomic mass is 10.1. The van der Waals surface area contributed by atoms with Crippen molar-refractivity contribution in [3.63, 3.8) is 0 Å². The molecule has 0 radical (unpaired) electrons. The summed E-state index contributed by atoms with van der Waals surface area (Å²) in [7, 11) is 0. The van der Waals surface area contributed by atoms with Crippen LogP contribution in [0.3, 0.4) is 0 Å². The van der Waals surface area contributed by atoms with Crippen molar-refractivity contribution in [1.29, 1.82) is 0 Å². The summed E-state index contributed by atoms with van der Waals surface area (Å²) in [4.78, 5) is 25.4. The molecule has 1 aliphatic heterocycles. The molecule has 0 saturated carbocycles. The molecule has 1 heterocycles. The molecule has 4 heteroatoms. The number of allylic oxidation sites excluding steroid dienone is 3. The number of amides is 2. The van der Waals surface area contributed by atoms with Gasteiger partial charge in [-0.15, -0.1) is 0 Å². The Morgan fingerprint density at radius 2 is 2.18 bits per heavy atom. The Morgan fingerprint density at radius 3 is 2.95 bits per heavy atom. The lowest BCUT2D eigenvalue weighted by molar-refractivity contribution is -0.119. The molecule has 116 valence electrons. The lowest BCUT2D eigenvalue weighted by Crippen LogP contribution is -2.35. The maximum Gasteiger partial charge on any atom is 0.244 e. The summed E-state index contributed by atoms with van der Waals surface area (Å²) in [6.07, 6.45) is 9.52. The smallest absolute Gasteiger partial charge is 0.244 e. The van der Waals surface area contributed by atoms with Crippen molar-refractivity contribution < 1.29 is 9.59 Å². The highest BCUT2D eigenvalue weighted by atomic mass is 16.2. The molecule has 0 unspecified atom stereocenters. The van der Waals surface area contributed by atoms with Crippen molar-refractivity contribution in [2.75, 3.05) is 11.4 Å². The number of carbonyl (C=O) groups excluding carboxylic acids is 2. The topological polar surface area (TPSA) is 49.4 Å². The predicted molar refractivity (Wildman–Crippen MR) is 88.4 cm³/mol. The SMILES string of the molecule is C/C=C/C=C\C(=O)NCc1cccc(N2CCCCC2=O)c1. The molecule has 1 N–H and O–H groups in total. The minimum atomic E-state index is -0.127. The Balaban J connectivity index is 1.96. The molecule has 1 saturated heterocycles. The number of nitrogens with one attached hydrogen (secondary N) is 1. The first-order chi connectivity index (χ1) is 10.7. The normalized spacial score (nSPS) is 15.7. The molecule has 0 atom stereocenters. The van der Waals surface area contributed by atoms with Gasteiger partial charge < -0.3 is 10.2 Å². The quantitative estimate of drug-likeness (QED) is 0.671. The van der Waals surface area contributed by atoms with Gasteiger partial charge >= 0.3 is 0 Å². The van der Waals surface area contributed by atoms with E-state index in [9.17, 15) is 9.59 Å². The number of hydrogen-bond donors (Lipinski definition) is 1. The van der Waals surface area contributed by atoms with Gasteiger partial charge in [0, 0.05) is 31.3 Å². The van der Waals surface area contributed by atoms with Crippen LogP contribution in [0.1, 0.15) is 31.7 Å². The van der Waals surface area contributed by atoms with Gasteiger partial charge in [0.25, 0.3) is 0 Å². The standard InChI is InChI=1S/C18H22N2O2/c1-2-3-4-10-17(21)19-14-15-8-7-9-16(13-15)20-12-6-5-11-18(20)22/h2-4,7-10,13H,5-6,11-12,14H2,1H3,(H,19,21)/b3-2+,10-4-. The fourth-order valence-electron chi connectivity index (χ4n) is 2.42. The van der Waals surface area contributed by atoms with Crippen molar-refractivity contribution in [3.05, 3.63) is 54.1 Å². The first-order valence-corrected chi connectivity index (χ1v) is 7.67. The Bertz CT molecular complexity index is 591. The maximum absolute atomic E-state index is 12.0. The Kier molecular flexibility index (Phi) is 5.95. The van der Waals surface area contributed by atoms with E-state index in [1.807, 2.05) is 48.2 Å². The molecule has 0 bridgehead atoms. The van der Waals surface area contributed by atoms with Crippen LogP contribution in [0.4, 0.5) is 5.69 Å². The van der Waals surface area contributed by atoms with Crippen LogP contribution in [0, 0.1) is 0 Å². The highest BCUT2D eigenvalue weighted by Crippen LogP contribution is 2.21. The van der Waals surface area contributed by atoms with E-state index in [0.29, 0.717) is 13.0 Å². The predicted octanol–water partition coefficient (Wildman–Crippen LogP) is 2.95. The van der Waals surface area contributed by atoms with Gasteiger partial charge in [0.1, 0.15) is 0 Å². The minimum absolute atomic E-state index is 0.127. The highest BCUT2D eigenvalue weighted by Gasteiger charge is 2.19. The van der Waals surface area contributed by atoms with Crippen molar-refractivity contribution in [2.24, 2.45) is 0 Å². The second kappa shape index (κ2) is 8.17. The van der Waals surface area contributed by atoms with Gasteiger partial charge in [0.2, 0.25) is 11.8 Å². The van der Waals surface area contributed by atoms with Gasteiger partial charge in [0.05, 0.1) is 0 Å². The number of carbonyl (C=O) groups is 2. The number of hydrogen-bond acceptors (Lipinski definition) is 2. The Morgan fingerprint density at radius 1 is 1.32 bits per heavy atom. The van der Waals surface area contributed by atoms with E-state index in [1.165, 1.54) is 6.08 Å². The van der Waals surface area contributed by atoms with Crippen LogP contribution in [0.5, 0.6) is 0 Å². The number of nitrogens with zero attached hydrogens (tertiary/aromatic N) is 1. The zero-order valence-electron chi connectivity index (χ0n) is 12.9. The van der Waals surface area contributed by atoms with Crippen LogP contribution < -0.4 is 10.2 Å². The van der Waals surface area contributed by atoms with Gasteiger partial charge in [0.15, 0.2) is 0 Å². The zero-order chi connectivity index (χ0) is 15.8. The summed E-state index contributed by atoms with van der Waals surface area (Å²) in [5, 5.41) is 2.84. The molecule has 0 aromatic heterocycles. The van der Waals surface area contributed by atoms with Crippen molar-refractivity contribution in [1.82, 2.24) is 5.32 Å². The molecule has 1 aromatic rings. The largest absolute Gasteiger partial charge is 0.348 e. The minimum Gasteiger partial charge on any atom is -0.348 e. The highest BCUT2D eigenvalue weighted by molar-refractivity contribution is 5.94. The maximum atomic E-state index is 12.0. The van der Waals surface area contributed by atoms with E-state index in [4.69, 9.17) is 0 Å². The summed E-state index contributed by atoms with van der Waals surface area (Å²) in [5.41, 5.74) is 1.91. The fraction of sp³-hybridized carbons (Fsp3) is 0.333. The van der Waals surface area contributed by atoms with E-state index in [-0.39, 0.29) is 11.8 Å². The molecule has 4 nitrogen and oxygen atoms in total. The van der Waals surface area contributed by atoms with Crippen LogP contribution in [0.2, 0.25) is 0 Å². The number of benzene rings is 1. The van der Waals surface area contributed by atoms with Crippen molar-refractivity contribution in [2.45, 2.75) is 32.7 Å². The van der Waals surface area contributed by atoms with Gasteiger partial charge in [-0.1, -0.05) is 30.4 Å². The summed E-state index contributed by atoms with van der Waals surface area (Å²) >= 11 is 0. The van der Waals surface area contributed by atoms with Crippen LogP contribution in [-0.4, -0.2) is 18.4 Å². The average molecular weight is 298 g/mol. The monoisotopic (exact) mass is 298 g/mol. The zero-order valence-corrected chi connectivity index (χ0v) is 12.9. The average Bonchev–Trinajstić information content (AvgIpc) is 2.54. The van der Waals surface area contributed by atoms with E-state index in [2.05, 4.69) is 5.32 Å². The van der Waals surface area contributed by atoms with Gasteiger partial charge in [-0.25, -0.2) is 0 Å². The summed E-state index contributed by atoms with van der Waals surface area (Å²) in [6, 6.07) is 7.79. The molecule has 0 aliphatic carbocycles. The summed E-state index contributed by atoms with van der Waals surface area (Å²) in [6.45, 7) is 3.13. The fourth-order valence-corrected chi connectivity index (χ4v) is 2.42. The van der Waals surface area contributed by atoms with Crippen LogP contribution in [-0.2, 0) is 16.1 Å².